The van der Waals surface area contributed by atoms with Crippen LogP contribution in [0.4, 0.5) is 0 Å². The average molecular weight is 325 g/mol. The third-order valence-electron chi connectivity index (χ3n) is 3.59. The molecule has 1 amide bonds. The molecule has 1 fully saturated rings. The number of amides is 1. The second kappa shape index (κ2) is 6.18. The van der Waals surface area contributed by atoms with E-state index < -0.39 is 0 Å². The first-order valence-corrected chi connectivity index (χ1v) is 7.50. The number of aromatic nitrogens is 1. The van der Waals surface area contributed by atoms with E-state index in [1.807, 2.05) is 30.3 Å². The number of thiocarbonyl (C=S) groups is 1. The number of nitrogens with one attached hydrogen (secondary N) is 1. The van der Waals surface area contributed by atoms with Crippen molar-refractivity contribution in [1.82, 2.24) is 14.8 Å². The van der Waals surface area contributed by atoms with Crippen molar-refractivity contribution in [3.8, 4) is 0 Å². The largest absolute Gasteiger partial charge is 0.328 e. The maximum atomic E-state index is 12.0. The molecule has 116 valence electrons. The van der Waals surface area contributed by atoms with Crippen molar-refractivity contribution in [1.29, 1.82) is 0 Å². The highest BCUT2D eigenvalue weighted by molar-refractivity contribution is 7.80. The summed E-state index contributed by atoms with van der Waals surface area (Å²) in [5.41, 5.74) is 2.11. The van der Waals surface area contributed by atoms with Crippen molar-refractivity contribution < 1.29 is 4.79 Å². The molecule has 0 aliphatic carbocycles. The highest BCUT2D eigenvalue weighted by atomic mass is 32.1. The number of pyridine rings is 1. The zero-order valence-corrected chi connectivity index (χ0v) is 13.3. The van der Waals surface area contributed by atoms with Crippen molar-refractivity contribution in [3.63, 3.8) is 0 Å². The van der Waals surface area contributed by atoms with Gasteiger partial charge in [-0.15, -0.1) is 0 Å². The van der Waals surface area contributed by atoms with E-state index in [0.717, 1.165) is 11.1 Å². The van der Waals surface area contributed by atoms with Crippen LogP contribution in [0.2, 0.25) is 0 Å². The van der Waals surface area contributed by atoms with E-state index in [-0.39, 0.29) is 11.5 Å². The summed E-state index contributed by atoms with van der Waals surface area (Å²) in [5, 5.41) is 3.24. The summed E-state index contributed by atoms with van der Waals surface area (Å²) in [4.78, 5) is 25.4. The van der Waals surface area contributed by atoms with Crippen LogP contribution in [0.3, 0.4) is 0 Å². The Morgan fingerprint density at radius 3 is 2.52 bits per heavy atom. The lowest BCUT2D eigenvalue weighted by Crippen LogP contribution is -2.25. The number of carbonyl (C=O) groups excluding carboxylic acids is 1. The lowest BCUT2D eigenvalue weighted by Gasteiger charge is -2.07. The molecule has 1 saturated heterocycles. The van der Waals surface area contributed by atoms with E-state index in [2.05, 4.69) is 5.32 Å². The minimum absolute atomic E-state index is 0.0886. The second-order valence-electron chi connectivity index (χ2n) is 5.27. The van der Waals surface area contributed by atoms with Gasteiger partial charge < -0.3 is 9.88 Å². The number of benzene rings is 1. The fourth-order valence-corrected chi connectivity index (χ4v) is 2.52. The SMILES string of the molecule is CN1C(=O)/C(=C/c2ccc(=O)n(Cc3ccccc3)c2)NC1=S. The van der Waals surface area contributed by atoms with Gasteiger partial charge in [-0.25, -0.2) is 0 Å². The average Bonchev–Trinajstić information content (AvgIpc) is 2.79. The Kier molecular flexibility index (Phi) is 4.08. The number of hydrogen-bond donors (Lipinski definition) is 1. The maximum absolute atomic E-state index is 12.0. The van der Waals surface area contributed by atoms with Gasteiger partial charge in [0, 0.05) is 19.3 Å². The molecule has 1 aromatic carbocycles. The first-order valence-electron chi connectivity index (χ1n) is 7.10. The third kappa shape index (κ3) is 3.22. The Balaban J connectivity index is 1.91. The summed E-state index contributed by atoms with van der Waals surface area (Å²) in [6, 6.07) is 12.9. The van der Waals surface area contributed by atoms with Crippen LogP contribution in [0.25, 0.3) is 6.08 Å². The molecule has 0 radical (unpaired) electrons. The van der Waals surface area contributed by atoms with Crippen molar-refractivity contribution in [3.05, 3.63) is 75.8 Å². The molecule has 3 rings (SSSR count). The molecule has 2 heterocycles. The Bertz CT molecular complexity index is 856. The van der Waals surface area contributed by atoms with E-state index in [9.17, 15) is 9.59 Å². The van der Waals surface area contributed by atoms with Crippen LogP contribution in [0.15, 0.2) is 59.2 Å². The summed E-state index contributed by atoms with van der Waals surface area (Å²) in [6.45, 7) is 0.483. The van der Waals surface area contributed by atoms with Crippen LogP contribution in [0.1, 0.15) is 11.1 Å². The molecule has 1 aromatic heterocycles. The fraction of sp³-hybridized carbons (Fsp3) is 0.118. The molecular weight excluding hydrogens is 310 g/mol. The van der Waals surface area contributed by atoms with Gasteiger partial charge in [0.15, 0.2) is 5.11 Å². The van der Waals surface area contributed by atoms with Crippen LogP contribution in [0.5, 0.6) is 0 Å². The number of likely N-dealkylation sites (N-methyl/N-ethyl adjacent to an activating group) is 1. The number of rotatable bonds is 3. The molecular formula is C17H15N3O2S. The zero-order valence-electron chi connectivity index (χ0n) is 12.5. The predicted octanol–water partition coefficient (Wildman–Crippen LogP) is 1.58. The van der Waals surface area contributed by atoms with Gasteiger partial charge in [0.1, 0.15) is 5.70 Å². The van der Waals surface area contributed by atoms with Crippen LogP contribution in [-0.4, -0.2) is 27.5 Å². The van der Waals surface area contributed by atoms with E-state index in [1.54, 1.807) is 30.0 Å². The number of carbonyl (C=O) groups is 1. The molecule has 2 aromatic rings. The summed E-state index contributed by atoms with van der Waals surface area (Å²) in [5.74, 6) is -0.184. The molecule has 0 atom stereocenters. The smallest absolute Gasteiger partial charge is 0.276 e. The topological polar surface area (TPSA) is 54.3 Å². The lowest BCUT2D eigenvalue weighted by molar-refractivity contribution is -0.121. The van der Waals surface area contributed by atoms with Crippen LogP contribution >= 0.6 is 12.2 Å². The van der Waals surface area contributed by atoms with Crippen LogP contribution in [-0.2, 0) is 11.3 Å². The Morgan fingerprint density at radius 1 is 1.13 bits per heavy atom. The van der Waals surface area contributed by atoms with Crippen molar-refractivity contribution in [2.45, 2.75) is 6.54 Å². The van der Waals surface area contributed by atoms with Crippen molar-refractivity contribution in [2.75, 3.05) is 7.05 Å². The van der Waals surface area contributed by atoms with Crippen LogP contribution < -0.4 is 10.9 Å². The zero-order chi connectivity index (χ0) is 16.4. The van der Waals surface area contributed by atoms with E-state index in [1.165, 1.54) is 11.0 Å². The molecule has 0 saturated carbocycles. The van der Waals surface area contributed by atoms with Gasteiger partial charge in [0.25, 0.3) is 11.5 Å². The van der Waals surface area contributed by atoms with E-state index in [0.29, 0.717) is 17.4 Å². The standard InChI is InChI=1S/C17H15N3O2S/c1-19-16(22)14(18-17(19)23)9-13-7-8-15(21)20(11-13)10-12-5-3-2-4-6-12/h2-9,11H,10H2,1H3,(H,18,23)/b14-9-. The first kappa shape index (κ1) is 15.2. The van der Waals surface area contributed by atoms with E-state index in [4.69, 9.17) is 12.2 Å². The Hall–Kier alpha value is -2.73. The summed E-state index contributed by atoms with van der Waals surface area (Å²) in [7, 11) is 1.62. The Morgan fingerprint density at radius 2 is 1.87 bits per heavy atom. The molecule has 1 N–H and O–H groups in total. The molecule has 0 unspecified atom stereocenters. The Labute approximate surface area is 138 Å². The minimum Gasteiger partial charge on any atom is -0.328 e. The summed E-state index contributed by atoms with van der Waals surface area (Å²) < 4.78 is 1.61. The maximum Gasteiger partial charge on any atom is 0.276 e. The van der Waals surface area contributed by atoms with Gasteiger partial charge >= 0.3 is 0 Å². The van der Waals surface area contributed by atoms with Gasteiger partial charge in [-0.3, -0.25) is 14.5 Å². The monoisotopic (exact) mass is 325 g/mol. The number of nitrogens with zero attached hydrogens (tertiary/aromatic N) is 2. The van der Waals surface area contributed by atoms with Gasteiger partial charge in [0.2, 0.25) is 0 Å². The molecule has 0 bridgehead atoms. The number of hydrogen-bond acceptors (Lipinski definition) is 3. The van der Waals surface area contributed by atoms with Gasteiger partial charge in [-0.2, -0.15) is 0 Å². The fourth-order valence-electron chi connectivity index (χ4n) is 2.33. The quantitative estimate of drug-likeness (QED) is 0.688. The van der Waals surface area contributed by atoms with Crippen molar-refractivity contribution >= 4 is 29.3 Å². The summed E-state index contributed by atoms with van der Waals surface area (Å²) in [6.07, 6.45) is 3.43. The molecule has 1 aliphatic rings. The molecule has 5 nitrogen and oxygen atoms in total. The predicted molar refractivity (Wildman–Crippen MR) is 92.7 cm³/mol. The van der Waals surface area contributed by atoms with Crippen molar-refractivity contribution in [2.24, 2.45) is 0 Å². The minimum atomic E-state index is -0.184. The molecule has 6 heteroatoms. The highest BCUT2D eigenvalue weighted by Crippen LogP contribution is 2.12. The van der Waals surface area contributed by atoms with Crippen LogP contribution in [0, 0.1) is 0 Å². The van der Waals surface area contributed by atoms with Gasteiger partial charge in [0.05, 0.1) is 6.54 Å². The second-order valence-corrected chi connectivity index (χ2v) is 5.65. The van der Waals surface area contributed by atoms with Gasteiger partial charge in [-0.05, 0) is 35.5 Å². The molecule has 1 aliphatic heterocycles. The van der Waals surface area contributed by atoms with E-state index >= 15 is 0 Å². The summed E-state index contributed by atoms with van der Waals surface area (Å²) >= 11 is 5.04. The molecule has 23 heavy (non-hydrogen) atoms. The normalized spacial score (nSPS) is 16.0. The van der Waals surface area contributed by atoms with Gasteiger partial charge in [-0.1, -0.05) is 30.3 Å². The highest BCUT2D eigenvalue weighted by Gasteiger charge is 2.26. The first-order chi connectivity index (χ1) is 11.0. The third-order valence-corrected chi connectivity index (χ3v) is 3.97. The molecule has 0 spiro atoms. The lowest BCUT2D eigenvalue weighted by atomic mass is 10.2.